The monoisotopic (exact) mass is 513 g/mol. The molecule has 3 rings (SSSR count). The van der Waals surface area contributed by atoms with Crippen molar-refractivity contribution in [3.8, 4) is 0 Å². The van der Waals surface area contributed by atoms with Crippen molar-refractivity contribution in [2.75, 3.05) is 36.4 Å². The van der Waals surface area contributed by atoms with E-state index in [2.05, 4.69) is 10.6 Å². The molecule has 0 fully saturated rings. The van der Waals surface area contributed by atoms with Crippen molar-refractivity contribution in [3.63, 3.8) is 0 Å². The fourth-order valence-electron chi connectivity index (χ4n) is 3.42. The number of methoxy groups -OCH3 is 1. The van der Waals surface area contributed by atoms with E-state index >= 15 is 0 Å². The predicted molar refractivity (Wildman–Crippen MR) is 136 cm³/mol. The first-order valence-corrected chi connectivity index (χ1v) is 12.7. The molecule has 0 heterocycles. The Kier molecular flexibility index (Phi) is 9.15. The molecule has 3 aromatic carbocycles. The first-order chi connectivity index (χ1) is 17.2. The molecule has 2 amide bonds. The third kappa shape index (κ3) is 6.67. The van der Waals surface area contributed by atoms with Crippen LogP contribution in [0.2, 0.25) is 0 Å². The van der Waals surface area contributed by atoms with Gasteiger partial charge in [0.25, 0.3) is 15.9 Å². The van der Waals surface area contributed by atoms with E-state index in [4.69, 9.17) is 4.74 Å². The van der Waals surface area contributed by atoms with Crippen LogP contribution in [0.15, 0.2) is 77.7 Å². The Labute approximate surface area is 210 Å². The lowest BCUT2D eigenvalue weighted by molar-refractivity contribution is -0.114. The number of aryl methyl sites for hydroxylation is 1. The number of amides is 2. The lowest BCUT2D eigenvalue weighted by Crippen LogP contribution is -2.39. The number of carbonyl (C=O) groups is 2. The van der Waals surface area contributed by atoms with Crippen LogP contribution in [0.3, 0.4) is 0 Å². The molecule has 0 atom stereocenters. The molecule has 0 bridgehead atoms. The summed E-state index contributed by atoms with van der Waals surface area (Å²) in [5, 5.41) is 5.34. The highest BCUT2D eigenvalue weighted by Crippen LogP contribution is 2.26. The second-order valence-corrected chi connectivity index (χ2v) is 9.83. The van der Waals surface area contributed by atoms with Crippen molar-refractivity contribution in [1.29, 1.82) is 0 Å². The number of para-hydroxylation sites is 2. The summed E-state index contributed by atoms with van der Waals surface area (Å²) in [5.41, 5.74) is 0.994. The first kappa shape index (κ1) is 26.8. The van der Waals surface area contributed by atoms with Gasteiger partial charge >= 0.3 is 0 Å². The number of hydrogen-bond donors (Lipinski definition) is 2. The molecule has 0 radical (unpaired) electrons. The fraction of sp³-hybridized carbons (Fsp3) is 0.231. The van der Waals surface area contributed by atoms with Gasteiger partial charge in [0.05, 0.1) is 21.8 Å². The number of benzene rings is 3. The van der Waals surface area contributed by atoms with Crippen LogP contribution in [-0.2, 0) is 19.6 Å². The van der Waals surface area contributed by atoms with Crippen molar-refractivity contribution < 1.29 is 27.1 Å². The molecule has 0 saturated carbocycles. The van der Waals surface area contributed by atoms with E-state index in [0.29, 0.717) is 19.6 Å². The number of carbonyl (C=O) groups excluding carboxylic acids is 2. The molecular formula is C26H28FN3O5S. The molecule has 2 N–H and O–H groups in total. The molecule has 36 heavy (non-hydrogen) atoms. The number of nitrogens with one attached hydrogen (secondary N) is 2. The van der Waals surface area contributed by atoms with E-state index in [9.17, 15) is 22.4 Å². The van der Waals surface area contributed by atoms with Gasteiger partial charge in [-0.3, -0.25) is 13.9 Å². The SMILES string of the molecule is COCCCNC(=O)c1ccccc1NC(=O)CN(c1ccccc1F)S(=O)(=O)c1ccc(C)cc1. The van der Waals surface area contributed by atoms with E-state index < -0.39 is 34.2 Å². The van der Waals surface area contributed by atoms with Crippen LogP contribution in [0.1, 0.15) is 22.3 Å². The van der Waals surface area contributed by atoms with E-state index in [0.717, 1.165) is 15.9 Å². The van der Waals surface area contributed by atoms with Crippen LogP contribution in [0.25, 0.3) is 0 Å². The van der Waals surface area contributed by atoms with Crippen molar-refractivity contribution in [2.45, 2.75) is 18.2 Å². The average Bonchev–Trinajstić information content (AvgIpc) is 2.86. The van der Waals surface area contributed by atoms with E-state index in [1.54, 1.807) is 37.4 Å². The van der Waals surface area contributed by atoms with Crippen molar-refractivity contribution in [2.24, 2.45) is 0 Å². The standard InChI is InChI=1S/C26H28FN3O5S/c1-19-12-14-20(15-13-19)36(33,34)30(24-11-6-4-9-22(24)27)18-25(31)29-23-10-5-3-8-21(23)26(32)28-16-7-17-35-2/h3-6,8-15H,7,16-18H2,1-2H3,(H,28,32)(H,29,31). The Hall–Kier alpha value is -3.76. The minimum Gasteiger partial charge on any atom is -0.385 e. The summed E-state index contributed by atoms with van der Waals surface area (Å²) in [6, 6.07) is 17.7. The Morgan fingerprint density at radius 2 is 1.64 bits per heavy atom. The number of hydrogen-bond acceptors (Lipinski definition) is 5. The smallest absolute Gasteiger partial charge is 0.264 e. The summed E-state index contributed by atoms with van der Waals surface area (Å²) in [4.78, 5) is 25.6. The van der Waals surface area contributed by atoms with Crippen molar-refractivity contribution in [1.82, 2.24) is 5.32 Å². The van der Waals surface area contributed by atoms with Gasteiger partial charge in [-0.2, -0.15) is 0 Å². The third-order valence-corrected chi connectivity index (χ3v) is 7.05. The number of halogens is 1. The molecule has 10 heteroatoms. The minimum atomic E-state index is -4.28. The van der Waals surface area contributed by atoms with Crippen LogP contribution >= 0.6 is 0 Å². The first-order valence-electron chi connectivity index (χ1n) is 11.2. The highest BCUT2D eigenvalue weighted by molar-refractivity contribution is 7.92. The quantitative estimate of drug-likeness (QED) is 0.380. The molecule has 0 aliphatic carbocycles. The van der Waals surface area contributed by atoms with Crippen LogP contribution in [0, 0.1) is 12.7 Å². The number of anilines is 2. The van der Waals surface area contributed by atoms with E-state index in [-0.39, 0.29) is 21.8 Å². The number of sulfonamides is 1. The highest BCUT2D eigenvalue weighted by atomic mass is 32.2. The van der Waals surface area contributed by atoms with Crippen LogP contribution in [0.5, 0.6) is 0 Å². The molecule has 8 nitrogen and oxygen atoms in total. The maximum absolute atomic E-state index is 14.7. The molecule has 0 spiro atoms. The third-order valence-electron chi connectivity index (χ3n) is 5.27. The zero-order valence-electron chi connectivity index (χ0n) is 20.0. The molecule has 0 saturated heterocycles. The number of ether oxygens (including phenoxy) is 1. The summed E-state index contributed by atoms with van der Waals surface area (Å²) in [6.45, 7) is 1.97. The van der Waals surface area contributed by atoms with Crippen LogP contribution < -0.4 is 14.9 Å². The van der Waals surface area contributed by atoms with Gasteiger partial charge < -0.3 is 15.4 Å². The fourth-order valence-corrected chi connectivity index (χ4v) is 4.84. The van der Waals surface area contributed by atoms with Crippen LogP contribution in [-0.4, -0.2) is 47.0 Å². The Morgan fingerprint density at radius 3 is 2.33 bits per heavy atom. The van der Waals surface area contributed by atoms with Gasteiger partial charge in [-0.25, -0.2) is 12.8 Å². The lowest BCUT2D eigenvalue weighted by atomic mass is 10.1. The minimum absolute atomic E-state index is 0.0833. The van der Waals surface area contributed by atoms with Crippen molar-refractivity contribution in [3.05, 3.63) is 89.7 Å². The molecule has 3 aromatic rings. The van der Waals surface area contributed by atoms with Crippen LogP contribution in [0.4, 0.5) is 15.8 Å². The predicted octanol–water partition coefficient (Wildman–Crippen LogP) is 3.73. The van der Waals surface area contributed by atoms with Gasteiger partial charge in [0, 0.05) is 20.3 Å². The zero-order chi connectivity index (χ0) is 26.1. The molecule has 0 aliphatic rings. The van der Waals surface area contributed by atoms with Crippen molar-refractivity contribution >= 4 is 33.2 Å². The van der Waals surface area contributed by atoms with Gasteiger partial charge in [0.2, 0.25) is 5.91 Å². The summed E-state index contributed by atoms with van der Waals surface area (Å²) < 4.78 is 47.2. The van der Waals surface area contributed by atoms with E-state index in [1.807, 2.05) is 6.92 Å². The number of rotatable bonds is 11. The highest BCUT2D eigenvalue weighted by Gasteiger charge is 2.29. The molecular weight excluding hydrogens is 485 g/mol. The zero-order valence-corrected chi connectivity index (χ0v) is 20.8. The van der Waals surface area contributed by atoms with Gasteiger partial charge in [0.15, 0.2) is 0 Å². The summed E-state index contributed by atoms with van der Waals surface area (Å²) in [5.74, 6) is -1.94. The van der Waals surface area contributed by atoms with Gasteiger partial charge in [0.1, 0.15) is 12.4 Å². The van der Waals surface area contributed by atoms with E-state index in [1.165, 1.54) is 36.4 Å². The molecule has 190 valence electrons. The maximum Gasteiger partial charge on any atom is 0.264 e. The Bertz CT molecular complexity index is 1310. The Morgan fingerprint density at radius 1 is 0.972 bits per heavy atom. The maximum atomic E-state index is 14.7. The summed E-state index contributed by atoms with van der Waals surface area (Å²) in [6.07, 6.45) is 0.616. The lowest BCUT2D eigenvalue weighted by Gasteiger charge is -2.24. The second-order valence-electron chi connectivity index (χ2n) is 7.97. The average molecular weight is 514 g/mol. The van der Waals surface area contributed by atoms with Gasteiger partial charge in [-0.05, 0) is 49.7 Å². The normalized spacial score (nSPS) is 11.1. The largest absolute Gasteiger partial charge is 0.385 e. The van der Waals surface area contributed by atoms with Gasteiger partial charge in [-0.1, -0.05) is 42.0 Å². The molecule has 0 aliphatic heterocycles. The number of nitrogens with zero attached hydrogens (tertiary/aromatic N) is 1. The summed E-state index contributed by atoms with van der Waals surface area (Å²) in [7, 11) is -2.72. The molecule has 0 unspecified atom stereocenters. The molecule has 0 aromatic heterocycles. The summed E-state index contributed by atoms with van der Waals surface area (Å²) >= 11 is 0. The Balaban J connectivity index is 1.86. The topological polar surface area (TPSA) is 105 Å². The van der Waals surface area contributed by atoms with Gasteiger partial charge in [-0.15, -0.1) is 0 Å². The second kappa shape index (κ2) is 12.3.